The average molecular weight is 317 g/mol. The van der Waals surface area contributed by atoms with Gasteiger partial charge in [0.1, 0.15) is 12.4 Å². The number of rotatable bonds is 6. The molecule has 22 heavy (non-hydrogen) atoms. The lowest BCUT2D eigenvalue weighted by molar-refractivity contribution is -0.121. The second-order valence-electron chi connectivity index (χ2n) is 5.46. The topological polar surface area (TPSA) is 63.2 Å². The van der Waals surface area contributed by atoms with Crippen molar-refractivity contribution in [2.75, 3.05) is 18.4 Å². The Bertz CT molecular complexity index is 626. The van der Waals surface area contributed by atoms with Crippen molar-refractivity contribution < 1.29 is 9.53 Å². The summed E-state index contributed by atoms with van der Waals surface area (Å²) in [7, 11) is 0. The van der Waals surface area contributed by atoms with E-state index in [-0.39, 0.29) is 11.8 Å². The summed E-state index contributed by atoms with van der Waals surface area (Å²) >= 11 is 1.54. The molecule has 1 aliphatic heterocycles. The van der Waals surface area contributed by atoms with E-state index >= 15 is 0 Å². The summed E-state index contributed by atoms with van der Waals surface area (Å²) in [6.45, 7) is 4.20. The molecule has 5 nitrogen and oxygen atoms in total. The van der Waals surface area contributed by atoms with Crippen LogP contribution in [0.2, 0.25) is 0 Å². The monoisotopic (exact) mass is 317 g/mol. The first-order valence-electron chi connectivity index (χ1n) is 7.34. The van der Waals surface area contributed by atoms with Crippen molar-refractivity contribution in [3.63, 3.8) is 0 Å². The molecule has 0 aliphatic carbocycles. The number of carbonyl (C=O) groups is 1. The zero-order valence-electron chi connectivity index (χ0n) is 12.4. The summed E-state index contributed by atoms with van der Waals surface area (Å²) in [6.07, 6.45) is 0. The van der Waals surface area contributed by atoms with Gasteiger partial charge < -0.3 is 15.4 Å². The summed E-state index contributed by atoms with van der Waals surface area (Å²) in [5.74, 6) is 1.12. The van der Waals surface area contributed by atoms with Gasteiger partial charge >= 0.3 is 0 Å². The molecule has 1 fully saturated rings. The zero-order valence-corrected chi connectivity index (χ0v) is 13.2. The molecule has 2 N–H and O–H groups in total. The van der Waals surface area contributed by atoms with Crippen molar-refractivity contribution in [1.29, 1.82) is 0 Å². The Morgan fingerprint density at radius 2 is 2.32 bits per heavy atom. The molecule has 0 bridgehead atoms. The minimum Gasteiger partial charge on any atom is -0.485 e. The third-order valence-corrected chi connectivity index (χ3v) is 4.57. The Hall–Kier alpha value is -1.92. The first-order valence-corrected chi connectivity index (χ1v) is 8.29. The number of nitrogens with one attached hydrogen (secondary N) is 2. The minimum atomic E-state index is -0.00662. The molecular weight excluding hydrogens is 298 g/mol. The van der Waals surface area contributed by atoms with E-state index in [1.54, 1.807) is 5.51 Å². The lowest BCUT2D eigenvalue weighted by atomic mass is 9.88. The smallest absolute Gasteiger partial charge is 0.227 e. The van der Waals surface area contributed by atoms with Gasteiger partial charge in [0.15, 0.2) is 0 Å². The quantitative estimate of drug-likeness (QED) is 0.859. The van der Waals surface area contributed by atoms with Gasteiger partial charge in [-0.15, -0.1) is 11.3 Å². The number of hydrogen-bond acceptors (Lipinski definition) is 5. The third kappa shape index (κ3) is 3.45. The summed E-state index contributed by atoms with van der Waals surface area (Å²) in [5, 5.41) is 8.13. The highest BCUT2D eigenvalue weighted by Gasteiger charge is 2.29. The molecule has 1 unspecified atom stereocenters. The van der Waals surface area contributed by atoms with Gasteiger partial charge in [-0.2, -0.15) is 0 Å². The summed E-state index contributed by atoms with van der Waals surface area (Å²) in [5.41, 5.74) is 3.38. The fraction of sp³-hybridized carbons (Fsp3) is 0.375. The first kappa shape index (κ1) is 15.0. The molecule has 2 heterocycles. The van der Waals surface area contributed by atoms with Crippen molar-refractivity contribution >= 4 is 22.9 Å². The van der Waals surface area contributed by atoms with E-state index in [9.17, 15) is 4.79 Å². The summed E-state index contributed by atoms with van der Waals surface area (Å²) in [4.78, 5) is 16.5. The maximum absolute atomic E-state index is 12.3. The van der Waals surface area contributed by atoms with Crippen LogP contribution in [0.4, 0.5) is 5.69 Å². The maximum Gasteiger partial charge on any atom is 0.227 e. The molecule has 0 spiro atoms. The molecule has 1 aromatic heterocycles. The Kier molecular flexibility index (Phi) is 4.70. The third-order valence-electron chi connectivity index (χ3n) is 3.94. The number of aromatic nitrogens is 1. The fourth-order valence-corrected chi connectivity index (χ4v) is 2.82. The molecule has 3 rings (SSSR count). The average Bonchev–Trinajstić information content (AvgIpc) is 2.97. The van der Waals surface area contributed by atoms with Crippen molar-refractivity contribution in [2.24, 2.45) is 11.8 Å². The Morgan fingerprint density at radius 3 is 3.00 bits per heavy atom. The SMILES string of the molecule is CC(C(=O)Nc1ccccc1OCc1cscn1)C1CNC1. The van der Waals surface area contributed by atoms with Crippen LogP contribution in [0.3, 0.4) is 0 Å². The van der Waals surface area contributed by atoms with Crippen LogP contribution in [0.1, 0.15) is 12.6 Å². The molecule has 0 saturated carbocycles. The predicted octanol–water partition coefficient (Wildman–Crippen LogP) is 2.52. The van der Waals surface area contributed by atoms with E-state index in [2.05, 4.69) is 15.6 Å². The standard InChI is InChI=1S/C16H19N3O2S/c1-11(12-6-17-7-12)16(20)19-14-4-2-3-5-15(14)21-8-13-9-22-10-18-13/h2-5,9-12,17H,6-8H2,1H3,(H,19,20). The summed E-state index contributed by atoms with van der Waals surface area (Å²) < 4.78 is 5.78. The number of para-hydroxylation sites is 2. The van der Waals surface area contributed by atoms with Gasteiger partial charge in [0.2, 0.25) is 5.91 Å². The van der Waals surface area contributed by atoms with Gasteiger partial charge in [-0.05, 0) is 31.1 Å². The van der Waals surface area contributed by atoms with Crippen LogP contribution in [0.15, 0.2) is 35.2 Å². The van der Waals surface area contributed by atoms with E-state index in [0.717, 1.165) is 18.8 Å². The Labute approximate surface area is 133 Å². The number of benzene rings is 1. The van der Waals surface area contributed by atoms with Crippen molar-refractivity contribution in [1.82, 2.24) is 10.3 Å². The van der Waals surface area contributed by atoms with E-state index < -0.39 is 0 Å². The molecule has 1 atom stereocenters. The molecule has 1 aromatic carbocycles. The van der Waals surface area contributed by atoms with Crippen LogP contribution < -0.4 is 15.4 Å². The minimum absolute atomic E-state index is 0.00662. The Morgan fingerprint density at radius 1 is 1.50 bits per heavy atom. The number of amides is 1. The summed E-state index contributed by atoms with van der Waals surface area (Å²) in [6, 6.07) is 7.50. The van der Waals surface area contributed by atoms with Crippen LogP contribution in [0, 0.1) is 11.8 Å². The molecule has 116 valence electrons. The number of nitrogens with zero attached hydrogens (tertiary/aromatic N) is 1. The van der Waals surface area contributed by atoms with Gasteiger partial charge in [0, 0.05) is 11.3 Å². The molecule has 0 radical (unpaired) electrons. The molecule has 1 saturated heterocycles. The van der Waals surface area contributed by atoms with Gasteiger partial charge in [0.25, 0.3) is 0 Å². The van der Waals surface area contributed by atoms with Crippen LogP contribution in [0.5, 0.6) is 5.75 Å². The maximum atomic E-state index is 12.3. The Balaban J connectivity index is 1.64. The van der Waals surface area contributed by atoms with Gasteiger partial charge in [0.05, 0.1) is 16.9 Å². The highest BCUT2D eigenvalue weighted by molar-refractivity contribution is 7.07. The number of thiazole rings is 1. The van der Waals surface area contributed by atoms with Crippen LogP contribution >= 0.6 is 11.3 Å². The van der Waals surface area contributed by atoms with Crippen LogP contribution in [-0.4, -0.2) is 24.0 Å². The predicted molar refractivity (Wildman–Crippen MR) is 87.0 cm³/mol. The number of anilines is 1. The fourth-order valence-electron chi connectivity index (χ4n) is 2.28. The number of hydrogen-bond donors (Lipinski definition) is 2. The van der Waals surface area contributed by atoms with E-state index in [1.807, 2.05) is 36.6 Å². The lowest BCUT2D eigenvalue weighted by Crippen LogP contribution is -2.48. The van der Waals surface area contributed by atoms with E-state index in [0.29, 0.717) is 24.0 Å². The molecule has 1 aliphatic rings. The van der Waals surface area contributed by atoms with E-state index in [1.165, 1.54) is 11.3 Å². The molecular formula is C16H19N3O2S. The van der Waals surface area contributed by atoms with Crippen molar-refractivity contribution in [3.8, 4) is 5.75 Å². The highest BCUT2D eigenvalue weighted by Crippen LogP contribution is 2.26. The van der Waals surface area contributed by atoms with Crippen molar-refractivity contribution in [2.45, 2.75) is 13.5 Å². The van der Waals surface area contributed by atoms with Gasteiger partial charge in [-0.3, -0.25) is 4.79 Å². The largest absolute Gasteiger partial charge is 0.485 e. The normalized spacial score (nSPS) is 15.9. The second kappa shape index (κ2) is 6.89. The molecule has 1 amide bonds. The van der Waals surface area contributed by atoms with Gasteiger partial charge in [-0.25, -0.2) is 4.98 Å². The van der Waals surface area contributed by atoms with Gasteiger partial charge in [-0.1, -0.05) is 19.1 Å². The van der Waals surface area contributed by atoms with Crippen LogP contribution in [-0.2, 0) is 11.4 Å². The highest BCUT2D eigenvalue weighted by atomic mass is 32.1. The second-order valence-corrected chi connectivity index (χ2v) is 6.18. The van der Waals surface area contributed by atoms with E-state index in [4.69, 9.17) is 4.74 Å². The molecule has 2 aromatic rings. The van der Waals surface area contributed by atoms with Crippen molar-refractivity contribution in [3.05, 3.63) is 40.8 Å². The lowest BCUT2D eigenvalue weighted by Gasteiger charge is -2.31. The number of carbonyl (C=O) groups excluding carboxylic acids is 1. The molecule has 6 heteroatoms. The first-order chi connectivity index (χ1) is 10.7. The van der Waals surface area contributed by atoms with Crippen LogP contribution in [0.25, 0.3) is 0 Å². The number of ether oxygens (including phenoxy) is 1. The zero-order chi connectivity index (χ0) is 15.4.